The second-order valence-corrected chi connectivity index (χ2v) is 5.75. The molecule has 6 heteroatoms. The topological polar surface area (TPSA) is 66.5 Å². The van der Waals surface area contributed by atoms with Crippen molar-refractivity contribution in [3.8, 4) is 0 Å². The third-order valence-electron chi connectivity index (χ3n) is 3.49. The van der Waals surface area contributed by atoms with Gasteiger partial charge in [0.2, 0.25) is 0 Å². The van der Waals surface area contributed by atoms with Crippen LogP contribution in [0.2, 0.25) is 0 Å². The zero-order valence-corrected chi connectivity index (χ0v) is 15.2. The van der Waals surface area contributed by atoms with Gasteiger partial charge in [0.25, 0.3) is 0 Å². The minimum absolute atomic E-state index is 0. The smallest absolute Gasteiger partial charge is 0.194 e. The summed E-state index contributed by atoms with van der Waals surface area (Å²) in [6.45, 7) is 7.61. The molecule has 0 amide bonds. The lowest BCUT2D eigenvalue weighted by Crippen LogP contribution is -2.35. The Morgan fingerprint density at radius 3 is 3.00 bits per heavy atom. The predicted octanol–water partition coefficient (Wildman–Crippen LogP) is 2.55. The van der Waals surface area contributed by atoms with Crippen molar-refractivity contribution in [2.24, 2.45) is 16.6 Å². The maximum absolute atomic E-state index is 5.91. The van der Waals surface area contributed by atoms with Gasteiger partial charge in [0.15, 0.2) is 5.96 Å². The maximum atomic E-state index is 5.91. The molecular weight excluding hydrogens is 377 g/mol. The monoisotopic (exact) mass is 403 g/mol. The van der Waals surface area contributed by atoms with Gasteiger partial charge in [-0.05, 0) is 37.4 Å². The number of aliphatic imine (C=N–C) groups is 1. The van der Waals surface area contributed by atoms with Crippen molar-refractivity contribution in [2.75, 3.05) is 25.0 Å². The summed E-state index contributed by atoms with van der Waals surface area (Å²) in [5.74, 6) is 1.88. The Hall–Kier alpha value is -0.890. The molecule has 2 rings (SSSR count). The van der Waals surface area contributed by atoms with Crippen LogP contribution >= 0.6 is 24.0 Å². The van der Waals surface area contributed by atoms with Crippen molar-refractivity contribution in [3.63, 3.8) is 0 Å². The van der Waals surface area contributed by atoms with Crippen LogP contribution in [0.25, 0.3) is 0 Å². The molecule has 3 N–H and O–H groups in total. The van der Waals surface area contributed by atoms with Crippen LogP contribution in [0.15, 0.2) is 29.4 Å². The first-order chi connectivity index (χ1) is 9.65. The minimum atomic E-state index is 0. The number of likely N-dealkylation sites (tertiary alicyclic amines) is 1. The summed E-state index contributed by atoms with van der Waals surface area (Å²) < 4.78 is 0. The van der Waals surface area contributed by atoms with Crippen LogP contribution in [-0.4, -0.2) is 41.5 Å². The Morgan fingerprint density at radius 2 is 2.33 bits per heavy atom. The first-order valence-electron chi connectivity index (χ1n) is 7.37. The standard InChI is InChI=1S/C15H25N5.HI/c1-12(2)11-20-9-5-6-13(20)10-18-15(16)19-14-7-3-4-8-17-14;/h3-4,7-8,12-13H,5-6,9-11H2,1-2H3,(H3,16,17,18,19);1H/t13-;/m1./s1. The van der Waals surface area contributed by atoms with Gasteiger partial charge in [-0.25, -0.2) is 4.98 Å². The number of guanidine groups is 1. The summed E-state index contributed by atoms with van der Waals surface area (Å²) in [5, 5.41) is 3.02. The molecule has 1 aromatic rings. The van der Waals surface area contributed by atoms with Crippen LogP contribution in [0.4, 0.5) is 5.82 Å². The zero-order valence-electron chi connectivity index (χ0n) is 12.8. The van der Waals surface area contributed by atoms with E-state index < -0.39 is 0 Å². The van der Waals surface area contributed by atoms with E-state index in [0.29, 0.717) is 17.9 Å². The summed E-state index contributed by atoms with van der Waals surface area (Å²) >= 11 is 0. The molecule has 0 spiro atoms. The third-order valence-corrected chi connectivity index (χ3v) is 3.49. The molecule has 0 aromatic carbocycles. The highest BCUT2D eigenvalue weighted by Crippen LogP contribution is 2.18. The number of nitrogens with two attached hydrogens (primary N) is 1. The molecule has 0 aliphatic carbocycles. The normalized spacial score (nSPS) is 19.6. The van der Waals surface area contributed by atoms with Crippen molar-refractivity contribution in [3.05, 3.63) is 24.4 Å². The van der Waals surface area contributed by atoms with E-state index in [-0.39, 0.29) is 24.0 Å². The fourth-order valence-corrected chi connectivity index (χ4v) is 2.62. The molecule has 0 unspecified atom stereocenters. The average molecular weight is 403 g/mol. The van der Waals surface area contributed by atoms with Gasteiger partial charge in [-0.1, -0.05) is 19.9 Å². The number of hydrogen-bond donors (Lipinski definition) is 2. The van der Waals surface area contributed by atoms with E-state index in [2.05, 4.69) is 34.0 Å². The second-order valence-electron chi connectivity index (χ2n) is 5.75. The summed E-state index contributed by atoms with van der Waals surface area (Å²) in [7, 11) is 0. The van der Waals surface area contributed by atoms with Crippen LogP contribution in [-0.2, 0) is 0 Å². The van der Waals surface area contributed by atoms with Gasteiger partial charge < -0.3 is 11.1 Å². The van der Waals surface area contributed by atoms with Crippen LogP contribution < -0.4 is 11.1 Å². The summed E-state index contributed by atoms with van der Waals surface area (Å²) in [4.78, 5) is 11.2. The number of pyridine rings is 1. The molecule has 1 aliphatic rings. The first kappa shape index (κ1) is 18.2. The summed E-state index contributed by atoms with van der Waals surface area (Å²) in [6, 6.07) is 6.20. The Kier molecular flexibility index (Phi) is 7.95. The number of hydrogen-bond acceptors (Lipinski definition) is 3. The first-order valence-corrected chi connectivity index (χ1v) is 7.37. The van der Waals surface area contributed by atoms with Crippen LogP contribution in [0, 0.1) is 5.92 Å². The van der Waals surface area contributed by atoms with Gasteiger partial charge in [0.05, 0.1) is 6.54 Å². The van der Waals surface area contributed by atoms with E-state index in [4.69, 9.17) is 5.73 Å². The van der Waals surface area contributed by atoms with E-state index in [1.54, 1.807) is 6.20 Å². The molecule has 1 aliphatic heterocycles. The van der Waals surface area contributed by atoms with E-state index in [1.165, 1.54) is 19.4 Å². The fourth-order valence-electron chi connectivity index (χ4n) is 2.62. The quantitative estimate of drug-likeness (QED) is 0.451. The molecule has 21 heavy (non-hydrogen) atoms. The number of nitrogens with zero attached hydrogens (tertiary/aromatic N) is 3. The van der Waals surface area contributed by atoms with Gasteiger partial charge >= 0.3 is 0 Å². The largest absolute Gasteiger partial charge is 0.370 e. The van der Waals surface area contributed by atoms with Crippen LogP contribution in [0.1, 0.15) is 26.7 Å². The molecule has 0 saturated carbocycles. The van der Waals surface area contributed by atoms with E-state index in [1.807, 2.05) is 18.2 Å². The van der Waals surface area contributed by atoms with Crippen molar-refractivity contribution in [1.29, 1.82) is 0 Å². The number of nitrogens with one attached hydrogen (secondary N) is 1. The lowest BCUT2D eigenvalue weighted by Gasteiger charge is -2.24. The van der Waals surface area contributed by atoms with Gasteiger partial charge in [-0.15, -0.1) is 24.0 Å². The lowest BCUT2D eigenvalue weighted by atomic mass is 10.2. The van der Waals surface area contributed by atoms with Gasteiger partial charge in [0.1, 0.15) is 5.82 Å². The van der Waals surface area contributed by atoms with E-state index >= 15 is 0 Å². The van der Waals surface area contributed by atoms with Crippen molar-refractivity contribution in [2.45, 2.75) is 32.7 Å². The predicted molar refractivity (Wildman–Crippen MR) is 99.2 cm³/mol. The number of halogens is 1. The number of anilines is 1. The molecular formula is C15H26IN5. The Morgan fingerprint density at radius 1 is 1.52 bits per heavy atom. The van der Waals surface area contributed by atoms with Crippen LogP contribution in [0.5, 0.6) is 0 Å². The maximum Gasteiger partial charge on any atom is 0.194 e. The molecule has 2 heterocycles. The van der Waals surface area contributed by atoms with Crippen molar-refractivity contribution < 1.29 is 0 Å². The highest BCUT2D eigenvalue weighted by Gasteiger charge is 2.24. The Balaban J connectivity index is 0.00000220. The summed E-state index contributed by atoms with van der Waals surface area (Å²) in [6.07, 6.45) is 4.21. The molecule has 0 bridgehead atoms. The van der Waals surface area contributed by atoms with Crippen LogP contribution in [0.3, 0.4) is 0 Å². The molecule has 1 aromatic heterocycles. The fraction of sp³-hybridized carbons (Fsp3) is 0.600. The van der Waals surface area contributed by atoms with Crippen molar-refractivity contribution >= 4 is 35.8 Å². The average Bonchev–Trinajstić information content (AvgIpc) is 2.84. The summed E-state index contributed by atoms with van der Waals surface area (Å²) in [5.41, 5.74) is 5.91. The number of aromatic nitrogens is 1. The van der Waals surface area contributed by atoms with E-state index in [9.17, 15) is 0 Å². The molecule has 5 nitrogen and oxygen atoms in total. The Labute approximate surface area is 144 Å². The van der Waals surface area contributed by atoms with Gasteiger partial charge in [-0.2, -0.15) is 0 Å². The molecule has 1 fully saturated rings. The Bertz CT molecular complexity index is 435. The third kappa shape index (κ3) is 6.17. The highest BCUT2D eigenvalue weighted by molar-refractivity contribution is 14.0. The van der Waals surface area contributed by atoms with E-state index in [0.717, 1.165) is 18.9 Å². The molecule has 1 saturated heterocycles. The van der Waals surface area contributed by atoms with Gasteiger partial charge in [-0.3, -0.25) is 9.89 Å². The lowest BCUT2D eigenvalue weighted by molar-refractivity contribution is 0.231. The van der Waals surface area contributed by atoms with Gasteiger partial charge in [0, 0.05) is 18.8 Å². The number of rotatable bonds is 5. The SMILES string of the molecule is CC(C)CN1CCC[C@@H]1CN=C(N)Nc1ccccn1.I. The highest BCUT2D eigenvalue weighted by atomic mass is 127. The molecule has 118 valence electrons. The second kappa shape index (κ2) is 9.19. The minimum Gasteiger partial charge on any atom is -0.370 e. The van der Waals surface area contributed by atoms with Crippen molar-refractivity contribution in [1.82, 2.24) is 9.88 Å². The molecule has 1 atom stereocenters. The zero-order chi connectivity index (χ0) is 14.4. The molecule has 0 radical (unpaired) electrons.